The van der Waals surface area contributed by atoms with Gasteiger partial charge in [0.05, 0.1) is 24.6 Å². The van der Waals surface area contributed by atoms with Gasteiger partial charge in [-0.1, -0.05) is 18.2 Å². The summed E-state index contributed by atoms with van der Waals surface area (Å²) in [6, 6.07) is 13.9. The Kier molecular flexibility index (Phi) is 4.38. The number of benzene rings is 1. The molecule has 0 fully saturated rings. The number of hydrogen-bond donors (Lipinski definition) is 1. The summed E-state index contributed by atoms with van der Waals surface area (Å²) in [5.41, 5.74) is 1.32. The number of hydrogen-bond acceptors (Lipinski definition) is 4. The number of nitrogens with zero attached hydrogens (tertiary/aromatic N) is 1. The third-order valence-electron chi connectivity index (χ3n) is 4.54. The molecule has 1 amide bonds. The standard InChI is InChI=1S/C21H18N2O4/c1-14(21(25)22-12-15-6-4-10-26-15)23-13-17(16-7-2-3-8-18(16)23)20(24)19-9-5-11-27-19/h2-11,13-14H,12H2,1H3,(H,22,25)/t14-/m1/s1. The minimum absolute atomic E-state index is 0.163. The molecule has 0 bridgehead atoms. The molecule has 3 aromatic heterocycles. The molecule has 0 aliphatic rings. The molecule has 0 aliphatic heterocycles. The lowest BCUT2D eigenvalue weighted by atomic mass is 10.1. The van der Waals surface area contributed by atoms with Gasteiger partial charge in [-0.2, -0.15) is 0 Å². The van der Waals surface area contributed by atoms with Gasteiger partial charge in [-0.25, -0.2) is 0 Å². The van der Waals surface area contributed by atoms with Crippen LogP contribution in [0.3, 0.4) is 0 Å². The fourth-order valence-corrected chi connectivity index (χ4v) is 3.11. The van der Waals surface area contributed by atoms with Crippen molar-refractivity contribution in [2.45, 2.75) is 19.5 Å². The first-order valence-electron chi connectivity index (χ1n) is 8.63. The van der Waals surface area contributed by atoms with E-state index in [9.17, 15) is 9.59 Å². The number of carbonyl (C=O) groups is 2. The van der Waals surface area contributed by atoms with Crippen molar-refractivity contribution in [1.82, 2.24) is 9.88 Å². The van der Waals surface area contributed by atoms with Gasteiger partial charge in [-0.15, -0.1) is 0 Å². The third kappa shape index (κ3) is 3.17. The number of rotatable bonds is 6. The summed E-state index contributed by atoms with van der Waals surface area (Å²) in [7, 11) is 0. The Balaban J connectivity index is 1.65. The second-order valence-electron chi connectivity index (χ2n) is 6.25. The smallest absolute Gasteiger partial charge is 0.243 e. The lowest BCUT2D eigenvalue weighted by Crippen LogP contribution is -2.30. The van der Waals surface area contributed by atoms with Crippen LogP contribution in [0.15, 0.2) is 76.1 Å². The minimum atomic E-state index is -0.497. The molecule has 3 heterocycles. The van der Waals surface area contributed by atoms with Gasteiger partial charge in [0.1, 0.15) is 11.8 Å². The second kappa shape index (κ2) is 6.99. The van der Waals surface area contributed by atoms with Crippen molar-refractivity contribution >= 4 is 22.6 Å². The average Bonchev–Trinajstić information content (AvgIpc) is 3.45. The van der Waals surface area contributed by atoms with Crippen molar-refractivity contribution in [1.29, 1.82) is 0 Å². The number of fused-ring (bicyclic) bond motifs is 1. The number of carbonyl (C=O) groups excluding carboxylic acids is 2. The molecule has 0 radical (unpaired) electrons. The number of para-hydroxylation sites is 1. The highest BCUT2D eigenvalue weighted by molar-refractivity contribution is 6.15. The number of aromatic nitrogens is 1. The van der Waals surface area contributed by atoms with Gasteiger partial charge in [0.2, 0.25) is 11.7 Å². The highest BCUT2D eigenvalue weighted by atomic mass is 16.3. The monoisotopic (exact) mass is 362 g/mol. The molecule has 1 N–H and O–H groups in total. The van der Waals surface area contributed by atoms with Gasteiger partial charge in [-0.3, -0.25) is 9.59 Å². The molecule has 6 nitrogen and oxygen atoms in total. The minimum Gasteiger partial charge on any atom is -0.467 e. The second-order valence-corrected chi connectivity index (χ2v) is 6.25. The Hall–Kier alpha value is -3.54. The van der Waals surface area contributed by atoms with Crippen molar-refractivity contribution in [3.8, 4) is 0 Å². The maximum atomic E-state index is 12.8. The average molecular weight is 362 g/mol. The largest absolute Gasteiger partial charge is 0.467 e. The topological polar surface area (TPSA) is 77.4 Å². The van der Waals surface area contributed by atoms with Crippen molar-refractivity contribution in [2.24, 2.45) is 0 Å². The molecule has 6 heteroatoms. The van der Waals surface area contributed by atoms with E-state index < -0.39 is 6.04 Å². The number of nitrogens with one attached hydrogen (secondary N) is 1. The van der Waals surface area contributed by atoms with Crippen LogP contribution in [0.25, 0.3) is 10.9 Å². The Morgan fingerprint density at radius 2 is 1.81 bits per heavy atom. The Morgan fingerprint density at radius 3 is 2.56 bits per heavy atom. The lowest BCUT2D eigenvalue weighted by Gasteiger charge is -2.14. The van der Waals surface area contributed by atoms with Gasteiger partial charge >= 0.3 is 0 Å². The molecule has 0 spiro atoms. The third-order valence-corrected chi connectivity index (χ3v) is 4.54. The molecule has 1 atom stereocenters. The first-order chi connectivity index (χ1) is 13.1. The van der Waals surface area contributed by atoms with Gasteiger partial charge < -0.3 is 18.7 Å². The van der Waals surface area contributed by atoms with Crippen molar-refractivity contribution in [2.75, 3.05) is 0 Å². The van der Waals surface area contributed by atoms with Crippen molar-refractivity contribution < 1.29 is 18.4 Å². The van der Waals surface area contributed by atoms with E-state index in [2.05, 4.69) is 5.32 Å². The van der Waals surface area contributed by atoms with Gasteiger partial charge in [0.15, 0.2) is 5.76 Å². The molecule has 0 unspecified atom stereocenters. The summed E-state index contributed by atoms with van der Waals surface area (Å²) in [6.45, 7) is 2.11. The molecule has 0 aliphatic carbocycles. The summed E-state index contributed by atoms with van der Waals surface area (Å²) in [4.78, 5) is 25.4. The van der Waals surface area contributed by atoms with Crippen LogP contribution in [0.1, 0.15) is 34.8 Å². The molecule has 27 heavy (non-hydrogen) atoms. The highest BCUT2D eigenvalue weighted by Crippen LogP contribution is 2.27. The number of amides is 1. The van der Waals surface area contributed by atoms with Crippen LogP contribution in [0, 0.1) is 0 Å². The lowest BCUT2D eigenvalue weighted by molar-refractivity contribution is -0.124. The van der Waals surface area contributed by atoms with Crippen LogP contribution in [0.5, 0.6) is 0 Å². The fraction of sp³-hybridized carbons (Fsp3) is 0.143. The van der Waals surface area contributed by atoms with Crippen LogP contribution in [-0.2, 0) is 11.3 Å². The van der Waals surface area contributed by atoms with Crippen LogP contribution in [0.2, 0.25) is 0 Å². The zero-order valence-electron chi connectivity index (χ0n) is 14.7. The molecule has 4 aromatic rings. The molecular weight excluding hydrogens is 344 g/mol. The SMILES string of the molecule is C[C@H](C(=O)NCc1ccco1)n1cc(C(=O)c2ccco2)c2ccccc21. The summed E-state index contributed by atoms with van der Waals surface area (Å²) >= 11 is 0. The number of ketones is 1. The van der Waals surface area contributed by atoms with E-state index in [1.54, 1.807) is 43.6 Å². The molecule has 4 rings (SSSR count). The summed E-state index contributed by atoms with van der Waals surface area (Å²) in [5, 5.41) is 3.64. The molecular formula is C21H18N2O4. The zero-order valence-corrected chi connectivity index (χ0v) is 14.7. The normalized spacial score (nSPS) is 12.2. The Bertz CT molecular complexity index is 1080. The molecule has 1 aromatic carbocycles. The molecule has 136 valence electrons. The van der Waals surface area contributed by atoms with Crippen molar-refractivity contribution in [3.63, 3.8) is 0 Å². The van der Waals surface area contributed by atoms with Crippen LogP contribution in [0.4, 0.5) is 0 Å². The van der Waals surface area contributed by atoms with E-state index in [1.807, 2.05) is 28.8 Å². The van der Waals surface area contributed by atoms with E-state index in [-0.39, 0.29) is 17.5 Å². The van der Waals surface area contributed by atoms with Crippen LogP contribution in [-0.4, -0.2) is 16.3 Å². The van der Waals surface area contributed by atoms with Gasteiger partial charge in [0.25, 0.3) is 0 Å². The predicted octanol–water partition coefficient (Wildman–Crippen LogP) is 3.94. The van der Waals surface area contributed by atoms with Crippen LogP contribution < -0.4 is 5.32 Å². The Morgan fingerprint density at radius 1 is 1.04 bits per heavy atom. The van der Waals surface area contributed by atoms with E-state index in [0.717, 1.165) is 10.9 Å². The van der Waals surface area contributed by atoms with Crippen molar-refractivity contribution in [3.05, 3.63) is 84.3 Å². The van der Waals surface area contributed by atoms with E-state index in [4.69, 9.17) is 8.83 Å². The van der Waals surface area contributed by atoms with E-state index >= 15 is 0 Å². The molecule has 0 saturated heterocycles. The van der Waals surface area contributed by atoms with E-state index in [1.165, 1.54) is 6.26 Å². The number of furan rings is 2. The summed E-state index contributed by atoms with van der Waals surface area (Å²) < 4.78 is 12.3. The highest BCUT2D eigenvalue weighted by Gasteiger charge is 2.23. The van der Waals surface area contributed by atoms with Crippen LogP contribution >= 0.6 is 0 Å². The Labute approximate surface area is 155 Å². The summed E-state index contributed by atoms with van der Waals surface area (Å²) in [5.74, 6) is 0.580. The zero-order chi connectivity index (χ0) is 18.8. The van der Waals surface area contributed by atoms with Gasteiger partial charge in [-0.05, 0) is 37.3 Å². The fourth-order valence-electron chi connectivity index (χ4n) is 3.11. The maximum Gasteiger partial charge on any atom is 0.243 e. The quantitative estimate of drug-likeness (QED) is 0.527. The van der Waals surface area contributed by atoms with Gasteiger partial charge in [0, 0.05) is 17.1 Å². The first-order valence-corrected chi connectivity index (χ1v) is 8.63. The molecule has 0 saturated carbocycles. The predicted molar refractivity (Wildman–Crippen MR) is 99.3 cm³/mol. The van der Waals surface area contributed by atoms with E-state index in [0.29, 0.717) is 17.9 Å². The first kappa shape index (κ1) is 16.9. The maximum absolute atomic E-state index is 12.8. The summed E-state index contributed by atoms with van der Waals surface area (Å²) in [6.07, 6.45) is 4.75.